The fourth-order valence-electron chi connectivity index (χ4n) is 1.68. The molecule has 1 aromatic heterocycles. The summed E-state index contributed by atoms with van der Waals surface area (Å²) in [6.45, 7) is 3.60. The van der Waals surface area contributed by atoms with Crippen molar-refractivity contribution in [1.29, 1.82) is 0 Å². The summed E-state index contributed by atoms with van der Waals surface area (Å²) in [5, 5.41) is 22.1. The van der Waals surface area contributed by atoms with Gasteiger partial charge in [-0.2, -0.15) is 0 Å². The molecular formula is C12H14ClN3O5. The van der Waals surface area contributed by atoms with Crippen molar-refractivity contribution in [3.8, 4) is 0 Å². The maximum Gasteiger partial charge on any atom is 0.326 e. The van der Waals surface area contributed by atoms with Crippen molar-refractivity contribution in [2.24, 2.45) is 5.92 Å². The Hall–Kier alpha value is -2.22. The number of carbonyl (C=O) groups excluding carboxylic acids is 1. The molecule has 0 unspecified atom stereocenters. The van der Waals surface area contributed by atoms with Crippen LogP contribution in [0.15, 0.2) is 12.3 Å². The molecule has 1 aromatic rings. The molecule has 0 bridgehead atoms. The number of aromatic nitrogens is 1. The molecule has 0 aliphatic carbocycles. The number of carbonyl (C=O) groups is 2. The minimum absolute atomic E-state index is 0.0300. The van der Waals surface area contributed by atoms with E-state index in [0.29, 0.717) is 0 Å². The van der Waals surface area contributed by atoms with E-state index in [2.05, 4.69) is 10.3 Å². The standard InChI is InChI=1S/C12H14ClN3O5/c1-6(2)3-8(12(18)19)15-11(17)7-4-10(13)14-5-9(7)16(20)21/h4-6,8H,3H2,1-2H3,(H,15,17)(H,18,19)/t8-/m0/s1. The molecule has 0 fully saturated rings. The van der Waals surface area contributed by atoms with Crippen molar-refractivity contribution >= 4 is 29.2 Å². The first-order chi connectivity index (χ1) is 9.72. The van der Waals surface area contributed by atoms with Crippen LogP contribution in [0.4, 0.5) is 5.69 Å². The van der Waals surface area contributed by atoms with E-state index in [1.807, 2.05) is 0 Å². The fraction of sp³-hybridized carbons (Fsp3) is 0.417. The molecular weight excluding hydrogens is 302 g/mol. The number of carboxylic acids is 1. The van der Waals surface area contributed by atoms with Gasteiger partial charge in [-0.05, 0) is 18.4 Å². The molecule has 0 aliphatic heterocycles. The second-order valence-electron chi connectivity index (χ2n) is 4.78. The second-order valence-corrected chi connectivity index (χ2v) is 5.16. The van der Waals surface area contributed by atoms with Crippen LogP contribution in [0, 0.1) is 16.0 Å². The van der Waals surface area contributed by atoms with Crippen LogP contribution in [0.5, 0.6) is 0 Å². The summed E-state index contributed by atoms with van der Waals surface area (Å²) in [6.07, 6.45) is 1.06. The fourth-order valence-corrected chi connectivity index (χ4v) is 1.84. The lowest BCUT2D eigenvalue weighted by molar-refractivity contribution is -0.385. The molecule has 1 atom stereocenters. The number of amides is 1. The van der Waals surface area contributed by atoms with Crippen molar-refractivity contribution in [1.82, 2.24) is 10.3 Å². The smallest absolute Gasteiger partial charge is 0.326 e. The zero-order valence-electron chi connectivity index (χ0n) is 11.4. The molecule has 1 amide bonds. The molecule has 0 aliphatic rings. The summed E-state index contributed by atoms with van der Waals surface area (Å²) < 4.78 is 0. The predicted molar refractivity (Wildman–Crippen MR) is 74.2 cm³/mol. The van der Waals surface area contributed by atoms with Crippen molar-refractivity contribution < 1.29 is 19.6 Å². The highest BCUT2D eigenvalue weighted by Gasteiger charge is 2.26. The van der Waals surface area contributed by atoms with Crippen LogP contribution in [0.2, 0.25) is 5.15 Å². The van der Waals surface area contributed by atoms with E-state index < -0.39 is 28.5 Å². The summed E-state index contributed by atoms with van der Waals surface area (Å²) in [6, 6.07) is -0.104. The minimum Gasteiger partial charge on any atom is -0.480 e. The van der Waals surface area contributed by atoms with Gasteiger partial charge in [0.1, 0.15) is 23.0 Å². The topological polar surface area (TPSA) is 122 Å². The van der Waals surface area contributed by atoms with E-state index in [-0.39, 0.29) is 23.1 Å². The van der Waals surface area contributed by atoms with Gasteiger partial charge in [0, 0.05) is 0 Å². The lowest BCUT2D eigenvalue weighted by atomic mass is 10.0. The highest BCUT2D eigenvalue weighted by Crippen LogP contribution is 2.20. The van der Waals surface area contributed by atoms with E-state index in [1.165, 1.54) is 0 Å². The molecule has 114 valence electrons. The third kappa shape index (κ3) is 4.67. The molecule has 0 aromatic carbocycles. The summed E-state index contributed by atoms with van der Waals surface area (Å²) in [4.78, 5) is 36.8. The lowest BCUT2D eigenvalue weighted by Crippen LogP contribution is -2.41. The van der Waals surface area contributed by atoms with Crippen molar-refractivity contribution in [2.75, 3.05) is 0 Å². The first-order valence-electron chi connectivity index (χ1n) is 6.06. The third-order valence-electron chi connectivity index (χ3n) is 2.60. The average Bonchev–Trinajstić information content (AvgIpc) is 2.36. The Morgan fingerprint density at radius 1 is 1.52 bits per heavy atom. The van der Waals surface area contributed by atoms with Gasteiger partial charge in [0.05, 0.1) is 4.92 Å². The Kier molecular flexibility index (Phi) is 5.60. The zero-order chi connectivity index (χ0) is 16.2. The number of hydrogen-bond acceptors (Lipinski definition) is 5. The predicted octanol–water partition coefficient (Wildman–Crippen LogP) is 1.87. The van der Waals surface area contributed by atoms with Crippen LogP contribution >= 0.6 is 11.6 Å². The maximum atomic E-state index is 12.1. The zero-order valence-corrected chi connectivity index (χ0v) is 12.1. The second kappa shape index (κ2) is 6.98. The number of aliphatic carboxylic acids is 1. The number of nitrogens with one attached hydrogen (secondary N) is 1. The highest BCUT2D eigenvalue weighted by atomic mass is 35.5. The van der Waals surface area contributed by atoms with Gasteiger partial charge >= 0.3 is 5.97 Å². The Morgan fingerprint density at radius 2 is 2.14 bits per heavy atom. The van der Waals surface area contributed by atoms with E-state index in [4.69, 9.17) is 16.7 Å². The van der Waals surface area contributed by atoms with Gasteiger partial charge in [0.25, 0.3) is 11.6 Å². The molecule has 0 saturated carbocycles. The minimum atomic E-state index is -1.21. The Morgan fingerprint density at radius 3 is 2.62 bits per heavy atom. The van der Waals surface area contributed by atoms with Crippen LogP contribution in [0.1, 0.15) is 30.6 Å². The Balaban J connectivity index is 3.05. The number of halogens is 1. The number of hydrogen-bond donors (Lipinski definition) is 2. The van der Waals surface area contributed by atoms with E-state index in [1.54, 1.807) is 13.8 Å². The molecule has 0 spiro atoms. The molecule has 0 radical (unpaired) electrons. The molecule has 1 rings (SSSR count). The summed E-state index contributed by atoms with van der Waals surface area (Å²) >= 11 is 5.62. The van der Waals surface area contributed by atoms with Gasteiger partial charge in [-0.1, -0.05) is 25.4 Å². The quantitative estimate of drug-likeness (QED) is 0.469. The largest absolute Gasteiger partial charge is 0.480 e. The van der Waals surface area contributed by atoms with Crippen LogP contribution in [-0.4, -0.2) is 32.9 Å². The van der Waals surface area contributed by atoms with Crippen LogP contribution in [0.25, 0.3) is 0 Å². The Labute approximate surface area is 125 Å². The van der Waals surface area contributed by atoms with Gasteiger partial charge in [-0.3, -0.25) is 14.9 Å². The summed E-state index contributed by atoms with van der Waals surface area (Å²) in [7, 11) is 0. The molecule has 2 N–H and O–H groups in total. The molecule has 0 saturated heterocycles. The molecule has 21 heavy (non-hydrogen) atoms. The molecule has 8 nitrogen and oxygen atoms in total. The molecule has 1 heterocycles. The lowest BCUT2D eigenvalue weighted by Gasteiger charge is -2.16. The van der Waals surface area contributed by atoms with Gasteiger partial charge < -0.3 is 10.4 Å². The van der Waals surface area contributed by atoms with Crippen LogP contribution in [-0.2, 0) is 4.79 Å². The number of carboxylic acid groups (broad SMARTS) is 1. The van der Waals surface area contributed by atoms with Gasteiger partial charge in [-0.15, -0.1) is 0 Å². The number of nitro groups is 1. The maximum absolute atomic E-state index is 12.1. The van der Waals surface area contributed by atoms with E-state index in [9.17, 15) is 19.7 Å². The van der Waals surface area contributed by atoms with Crippen LogP contribution < -0.4 is 5.32 Å². The number of nitrogens with zero attached hydrogens (tertiary/aromatic N) is 2. The summed E-state index contributed by atoms with van der Waals surface area (Å²) in [5.41, 5.74) is -0.861. The highest BCUT2D eigenvalue weighted by molar-refractivity contribution is 6.29. The van der Waals surface area contributed by atoms with Crippen molar-refractivity contribution in [2.45, 2.75) is 26.3 Å². The number of rotatable bonds is 6. The monoisotopic (exact) mass is 315 g/mol. The van der Waals surface area contributed by atoms with E-state index in [0.717, 1.165) is 12.3 Å². The number of pyridine rings is 1. The van der Waals surface area contributed by atoms with Crippen molar-refractivity contribution in [3.05, 3.63) is 33.1 Å². The molecule has 9 heteroatoms. The average molecular weight is 316 g/mol. The van der Waals surface area contributed by atoms with Gasteiger partial charge in [0.15, 0.2) is 0 Å². The van der Waals surface area contributed by atoms with Gasteiger partial charge in [0.2, 0.25) is 0 Å². The first-order valence-corrected chi connectivity index (χ1v) is 6.43. The van der Waals surface area contributed by atoms with Gasteiger partial charge in [-0.25, -0.2) is 9.78 Å². The third-order valence-corrected chi connectivity index (χ3v) is 2.81. The van der Waals surface area contributed by atoms with Crippen LogP contribution in [0.3, 0.4) is 0 Å². The van der Waals surface area contributed by atoms with Crippen molar-refractivity contribution in [3.63, 3.8) is 0 Å². The summed E-state index contributed by atoms with van der Waals surface area (Å²) in [5.74, 6) is -2.05. The first kappa shape index (κ1) is 16.8. The van der Waals surface area contributed by atoms with E-state index >= 15 is 0 Å². The SMILES string of the molecule is CC(C)C[C@H](NC(=O)c1cc(Cl)ncc1[N+](=O)[O-])C(=O)O. The Bertz CT molecular complexity index is 576. The normalized spacial score (nSPS) is 12.0.